The zero-order chi connectivity index (χ0) is 49.4. The maximum Gasteiger partial charge on any atom is 0.220 e. The van der Waals surface area contributed by atoms with Crippen molar-refractivity contribution in [2.45, 2.75) is 281 Å². The highest BCUT2D eigenvalue weighted by molar-refractivity contribution is 5.76. The van der Waals surface area contributed by atoms with Crippen molar-refractivity contribution in [3.05, 3.63) is 72.9 Å². The molecule has 68 heavy (non-hydrogen) atoms. The summed E-state index contributed by atoms with van der Waals surface area (Å²) in [5.41, 5.74) is 0. The van der Waals surface area contributed by atoms with Crippen molar-refractivity contribution < 1.29 is 39.8 Å². The molecule has 7 atom stereocenters. The second kappa shape index (κ2) is 48.3. The average Bonchev–Trinajstić information content (AvgIpc) is 3.34. The number of aliphatic hydroxyl groups is 5. The van der Waals surface area contributed by atoms with Crippen molar-refractivity contribution in [3.63, 3.8) is 0 Å². The highest BCUT2D eigenvalue weighted by Gasteiger charge is 2.44. The number of rotatable bonds is 47. The lowest BCUT2D eigenvalue weighted by Crippen LogP contribution is -2.60. The predicted molar refractivity (Wildman–Crippen MR) is 285 cm³/mol. The SMILES string of the molecule is CC/C=C\C/C=C\C/C=C\C/C=C\C/C=C\CCCC(=O)NC(COC1OC(CO)C(O)C(O)C1O)C(O)/C=C/CCCCCCCCCCCCCCCCCCCCCCCCCCCC. The lowest BCUT2D eigenvalue weighted by atomic mass is 9.99. The normalized spacial score (nSPS) is 20.1. The molecule has 0 aliphatic carbocycles. The molecule has 1 saturated heterocycles. The maximum absolute atomic E-state index is 13.0. The van der Waals surface area contributed by atoms with E-state index in [1.54, 1.807) is 6.08 Å². The van der Waals surface area contributed by atoms with Gasteiger partial charge in [0, 0.05) is 6.42 Å². The van der Waals surface area contributed by atoms with Gasteiger partial charge in [0.15, 0.2) is 6.29 Å². The molecule has 9 nitrogen and oxygen atoms in total. The van der Waals surface area contributed by atoms with Crippen molar-refractivity contribution in [1.82, 2.24) is 5.32 Å². The number of aliphatic hydroxyl groups excluding tert-OH is 5. The summed E-state index contributed by atoms with van der Waals surface area (Å²) in [6, 6.07) is -0.839. The van der Waals surface area contributed by atoms with E-state index in [2.05, 4.69) is 79.9 Å². The van der Waals surface area contributed by atoms with Crippen LogP contribution in [0.5, 0.6) is 0 Å². The second-order valence-corrected chi connectivity index (χ2v) is 19.4. The Morgan fingerprint density at radius 2 is 0.912 bits per heavy atom. The van der Waals surface area contributed by atoms with Crippen LogP contribution < -0.4 is 5.32 Å². The minimum atomic E-state index is -1.58. The van der Waals surface area contributed by atoms with Crippen molar-refractivity contribution >= 4 is 5.91 Å². The molecule has 9 heteroatoms. The Hall–Kier alpha value is -2.37. The number of carbonyl (C=O) groups excluding carboxylic acids is 1. The third-order valence-corrected chi connectivity index (χ3v) is 13.0. The smallest absolute Gasteiger partial charge is 0.220 e. The molecule has 0 spiro atoms. The maximum atomic E-state index is 13.0. The van der Waals surface area contributed by atoms with Crippen LogP contribution in [0.4, 0.5) is 0 Å². The van der Waals surface area contributed by atoms with Crippen molar-refractivity contribution in [2.24, 2.45) is 0 Å². The molecule has 7 unspecified atom stereocenters. The number of amides is 1. The van der Waals surface area contributed by atoms with Crippen molar-refractivity contribution in [2.75, 3.05) is 13.2 Å². The van der Waals surface area contributed by atoms with Gasteiger partial charge in [-0.25, -0.2) is 0 Å². The third kappa shape index (κ3) is 37.5. The fourth-order valence-electron chi connectivity index (χ4n) is 8.61. The molecule has 1 fully saturated rings. The summed E-state index contributed by atoms with van der Waals surface area (Å²) in [6.45, 7) is 3.64. The number of hydrogen-bond acceptors (Lipinski definition) is 8. The number of unbranched alkanes of at least 4 members (excludes halogenated alkanes) is 27. The molecule has 0 radical (unpaired) electrons. The molecule has 0 aromatic heterocycles. The zero-order valence-corrected chi connectivity index (χ0v) is 43.6. The van der Waals surface area contributed by atoms with E-state index in [1.165, 1.54) is 154 Å². The fraction of sp³-hybridized carbons (Fsp3) is 0.780. The van der Waals surface area contributed by atoms with Gasteiger partial charge in [0.1, 0.15) is 24.4 Å². The minimum absolute atomic E-state index is 0.214. The second-order valence-electron chi connectivity index (χ2n) is 19.4. The van der Waals surface area contributed by atoms with Gasteiger partial charge < -0.3 is 40.3 Å². The number of nitrogens with one attached hydrogen (secondary N) is 1. The molecule has 1 rings (SSSR count). The van der Waals surface area contributed by atoms with Crippen LogP contribution in [0, 0.1) is 0 Å². The van der Waals surface area contributed by atoms with Crippen LogP contribution in [0.1, 0.15) is 239 Å². The van der Waals surface area contributed by atoms with Crippen LogP contribution in [-0.4, -0.2) is 87.5 Å². The lowest BCUT2D eigenvalue weighted by molar-refractivity contribution is -0.302. The van der Waals surface area contributed by atoms with Crippen molar-refractivity contribution in [3.8, 4) is 0 Å². The molecule has 1 aliphatic rings. The summed E-state index contributed by atoms with van der Waals surface area (Å²) in [5.74, 6) is -0.234. The molecular formula is C59H105NO8. The average molecular weight is 956 g/mol. The zero-order valence-electron chi connectivity index (χ0n) is 43.6. The Labute approximate surface area is 417 Å². The van der Waals surface area contributed by atoms with Gasteiger partial charge in [0.25, 0.3) is 0 Å². The first-order valence-corrected chi connectivity index (χ1v) is 28.2. The van der Waals surface area contributed by atoms with Crippen LogP contribution in [-0.2, 0) is 14.3 Å². The first kappa shape index (κ1) is 63.6. The topological polar surface area (TPSA) is 149 Å². The van der Waals surface area contributed by atoms with E-state index in [4.69, 9.17) is 9.47 Å². The molecular weight excluding hydrogens is 851 g/mol. The Kier molecular flexibility index (Phi) is 45.2. The number of ether oxygens (including phenoxy) is 2. The molecule has 0 bridgehead atoms. The molecule has 1 heterocycles. The first-order valence-electron chi connectivity index (χ1n) is 28.2. The van der Waals surface area contributed by atoms with Crippen LogP contribution in [0.15, 0.2) is 72.9 Å². The van der Waals surface area contributed by atoms with Crippen LogP contribution in [0.3, 0.4) is 0 Å². The van der Waals surface area contributed by atoms with E-state index < -0.39 is 49.5 Å². The van der Waals surface area contributed by atoms with Gasteiger partial charge in [-0.1, -0.05) is 247 Å². The monoisotopic (exact) mass is 956 g/mol. The molecule has 0 aromatic carbocycles. The van der Waals surface area contributed by atoms with Gasteiger partial charge in [0.05, 0.1) is 25.4 Å². The summed E-state index contributed by atoms with van der Waals surface area (Å²) in [5, 5.41) is 54.4. The predicted octanol–water partition coefficient (Wildman–Crippen LogP) is 13.7. The Balaban J connectivity index is 2.25. The molecule has 6 N–H and O–H groups in total. The number of carbonyl (C=O) groups is 1. The van der Waals surface area contributed by atoms with E-state index in [0.717, 1.165) is 57.8 Å². The molecule has 1 amide bonds. The van der Waals surface area contributed by atoms with Crippen LogP contribution in [0.2, 0.25) is 0 Å². The standard InChI is InChI=1S/C59H105NO8/c1-3-5-7-9-11-13-15-17-19-21-22-23-24-25-26-27-28-29-30-31-33-34-36-38-40-42-44-46-48-53(62)52(51-67-59-58(66)57(65)56(64)54(50-61)68-59)60-55(63)49-47-45-43-41-39-37-35-32-20-18-16-14-12-10-8-6-4-2/h6,8,12,14,18,20,35,37,41,43,46,48,52-54,56-59,61-62,64-66H,3-5,7,9-11,13,15-17,19,21-34,36,38-40,42,44-45,47,49-51H2,1-2H3,(H,60,63)/b8-6-,14-12-,20-18-,37-35-,43-41-,48-46+. The Morgan fingerprint density at radius 1 is 0.515 bits per heavy atom. The molecule has 1 aliphatic heterocycles. The van der Waals surface area contributed by atoms with Gasteiger partial charge >= 0.3 is 0 Å². The summed E-state index contributed by atoms with van der Waals surface area (Å²) < 4.78 is 11.2. The molecule has 0 aromatic rings. The quantitative estimate of drug-likeness (QED) is 0.0261. The minimum Gasteiger partial charge on any atom is -0.394 e. The Bertz CT molecular complexity index is 1290. The van der Waals surface area contributed by atoms with Gasteiger partial charge in [-0.3, -0.25) is 4.79 Å². The summed E-state index contributed by atoms with van der Waals surface area (Å²) >= 11 is 0. The fourth-order valence-corrected chi connectivity index (χ4v) is 8.61. The summed E-state index contributed by atoms with van der Waals surface area (Å²) in [4.78, 5) is 13.0. The van der Waals surface area contributed by atoms with Crippen LogP contribution >= 0.6 is 0 Å². The third-order valence-electron chi connectivity index (χ3n) is 13.0. The van der Waals surface area contributed by atoms with Gasteiger partial charge in [-0.05, 0) is 57.8 Å². The van der Waals surface area contributed by atoms with E-state index in [0.29, 0.717) is 6.42 Å². The van der Waals surface area contributed by atoms with Gasteiger partial charge in [0.2, 0.25) is 5.91 Å². The highest BCUT2D eigenvalue weighted by Crippen LogP contribution is 2.23. The van der Waals surface area contributed by atoms with Crippen LogP contribution in [0.25, 0.3) is 0 Å². The number of allylic oxidation sites excluding steroid dienone is 11. The van der Waals surface area contributed by atoms with Gasteiger partial charge in [-0.15, -0.1) is 0 Å². The van der Waals surface area contributed by atoms with E-state index in [9.17, 15) is 30.3 Å². The van der Waals surface area contributed by atoms with Crippen molar-refractivity contribution in [1.29, 1.82) is 0 Å². The largest absolute Gasteiger partial charge is 0.394 e. The summed E-state index contributed by atoms with van der Waals surface area (Å²) in [6.07, 6.45) is 59.8. The summed E-state index contributed by atoms with van der Waals surface area (Å²) in [7, 11) is 0. The lowest BCUT2D eigenvalue weighted by Gasteiger charge is -2.40. The Morgan fingerprint density at radius 3 is 1.34 bits per heavy atom. The van der Waals surface area contributed by atoms with Gasteiger partial charge in [-0.2, -0.15) is 0 Å². The highest BCUT2D eigenvalue weighted by atomic mass is 16.7. The molecule has 0 saturated carbocycles. The van der Waals surface area contributed by atoms with E-state index in [-0.39, 0.29) is 18.9 Å². The van der Waals surface area contributed by atoms with E-state index >= 15 is 0 Å². The van der Waals surface area contributed by atoms with E-state index in [1.807, 2.05) is 6.08 Å². The first-order chi connectivity index (χ1) is 33.3. The number of hydrogen-bond donors (Lipinski definition) is 6. The molecule has 394 valence electrons.